The van der Waals surface area contributed by atoms with Crippen molar-refractivity contribution in [2.75, 3.05) is 6.54 Å². The quantitative estimate of drug-likeness (QED) is 0.838. The molecule has 1 fully saturated rings. The first-order valence-corrected chi connectivity index (χ1v) is 7.42. The van der Waals surface area contributed by atoms with E-state index in [0.29, 0.717) is 0 Å². The van der Waals surface area contributed by atoms with E-state index in [0.717, 1.165) is 19.6 Å². The minimum Gasteiger partial charge on any atom is -0.370 e. The number of benzene rings is 1. The molecule has 1 N–H and O–H groups in total. The van der Waals surface area contributed by atoms with Crippen molar-refractivity contribution < 1.29 is 4.74 Å². The maximum absolute atomic E-state index is 6.23. The van der Waals surface area contributed by atoms with Gasteiger partial charge >= 0.3 is 0 Å². The molecule has 0 unspecified atom stereocenters. The lowest BCUT2D eigenvalue weighted by molar-refractivity contribution is -0.114. The van der Waals surface area contributed by atoms with Crippen LogP contribution in [0.25, 0.3) is 0 Å². The van der Waals surface area contributed by atoms with Crippen LogP contribution < -0.4 is 5.32 Å². The second kappa shape index (κ2) is 6.06. The van der Waals surface area contributed by atoms with Crippen LogP contribution in [0.5, 0.6) is 0 Å². The van der Waals surface area contributed by atoms with Gasteiger partial charge in [-0.05, 0) is 58.6 Å². The van der Waals surface area contributed by atoms with Gasteiger partial charge in [0, 0.05) is 5.54 Å². The van der Waals surface area contributed by atoms with E-state index in [2.05, 4.69) is 56.4 Å². The maximum Gasteiger partial charge on any atom is 0.0724 e. The summed E-state index contributed by atoms with van der Waals surface area (Å²) in [5.74, 6) is 0. The maximum atomic E-state index is 6.23. The molecule has 1 aliphatic carbocycles. The first-order chi connectivity index (χ1) is 8.99. The molecule has 2 rings (SSSR count). The smallest absolute Gasteiger partial charge is 0.0724 e. The van der Waals surface area contributed by atoms with Crippen LogP contribution in [0.15, 0.2) is 30.3 Å². The molecule has 0 radical (unpaired) electrons. The Morgan fingerprint density at radius 3 is 2.37 bits per heavy atom. The minimum atomic E-state index is 0.133. The monoisotopic (exact) mass is 261 g/mol. The molecule has 0 saturated heterocycles. The molecule has 1 saturated carbocycles. The molecule has 0 bridgehead atoms. The van der Waals surface area contributed by atoms with Crippen molar-refractivity contribution in [3.05, 3.63) is 35.9 Å². The Morgan fingerprint density at radius 1 is 1.16 bits per heavy atom. The highest BCUT2D eigenvalue weighted by Gasteiger charge is 2.37. The van der Waals surface area contributed by atoms with Gasteiger partial charge in [-0.2, -0.15) is 0 Å². The molecule has 0 spiro atoms. The predicted octanol–water partition coefficient (Wildman–Crippen LogP) is 3.90. The van der Waals surface area contributed by atoms with Crippen molar-refractivity contribution in [3.8, 4) is 0 Å². The molecular weight excluding hydrogens is 234 g/mol. The lowest BCUT2D eigenvalue weighted by Gasteiger charge is -2.42. The zero-order valence-electron chi connectivity index (χ0n) is 12.5. The summed E-state index contributed by atoms with van der Waals surface area (Å²) in [5, 5.41) is 3.56. The van der Waals surface area contributed by atoms with E-state index in [1.54, 1.807) is 0 Å². The minimum absolute atomic E-state index is 0.133. The van der Waals surface area contributed by atoms with Gasteiger partial charge in [-0.25, -0.2) is 0 Å². The van der Waals surface area contributed by atoms with Crippen molar-refractivity contribution in [1.29, 1.82) is 0 Å². The molecule has 2 nitrogen and oxygen atoms in total. The summed E-state index contributed by atoms with van der Waals surface area (Å²) in [6.07, 6.45) is 4.86. The molecule has 106 valence electrons. The number of ether oxygens (including phenoxy) is 1. The van der Waals surface area contributed by atoms with E-state index >= 15 is 0 Å². The average molecular weight is 261 g/mol. The van der Waals surface area contributed by atoms with Crippen molar-refractivity contribution in [2.24, 2.45) is 0 Å². The lowest BCUT2D eigenvalue weighted by Crippen LogP contribution is -2.45. The highest BCUT2D eigenvalue weighted by Crippen LogP contribution is 2.39. The first kappa shape index (κ1) is 14.5. The highest BCUT2D eigenvalue weighted by atomic mass is 16.5. The molecular formula is C17H27NO. The van der Waals surface area contributed by atoms with Crippen LogP contribution in [0.1, 0.15) is 52.0 Å². The normalized spacial score (nSPS) is 18.1. The van der Waals surface area contributed by atoms with Crippen LogP contribution in [0.2, 0.25) is 0 Å². The fraction of sp³-hybridized carbons (Fsp3) is 0.647. The molecule has 1 aromatic carbocycles. The zero-order chi connectivity index (χ0) is 13.8. The van der Waals surface area contributed by atoms with Gasteiger partial charge in [-0.15, -0.1) is 0 Å². The summed E-state index contributed by atoms with van der Waals surface area (Å²) in [4.78, 5) is 0. The van der Waals surface area contributed by atoms with Crippen molar-refractivity contribution in [1.82, 2.24) is 5.32 Å². The molecule has 2 heteroatoms. The zero-order valence-corrected chi connectivity index (χ0v) is 12.5. The second-order valence-electron chi connectivity index (χ2n) is 6.74. The van der Waals surface area contributed by atoms with E-state index in [1.807, 2.05) is 0 Å². The molecule has 1 aliphatic rings. The van der Waals surface area contributed by atoms with Crippen molar-refractivity contribution in [2.45, 2.75) is 64.2 Å². The van der Waals surface area contributed by atoms with Crippen LogP contribution in [-0.2, 0) is 11.3 Å². The predicted molar refractivity (Wildman–Crippen MR) is 80.2 cm³/mol. The van der Waals surface area contributed by atoms with Crippen LogP contribution >= 0.6 is 0 Å². The van der Waals surface area contributed by atoms with Crippen molar-refractivity contribution >= 4 is 0 Å². The fourth-order valence-corrected chi connectivity index (χ4v) is 2.51. The SMILES string of the molecule is CC(C)(C)NCCC1(OCc2ccccc2)CCC1. The van der Waals surface area contributed by atoms with E-state index in [4.69, 9.17) is 4.74 Å². The molecule has 0 aromatic heterocycles. The van der Waals surface area contributed by atoms with Gasteiger partial charge in [0.1, 0.15) is 0 Å². The van der Waals surface area contributed by atoms with E-state index in [9.17, 15) is 0 Å². The molecule has 19 heavy (non-hydrogen) atoms. The van der Waals surface area contributed by atoms with Gasteiger partial charge in [0.05, 0.1) is 12.2 Å². The standard InChI is InChI=1S/C17H27NO/c1-16(2,3)18-13-12-17(10-7-11-17)19-14-15-8-5-4-6-9-15/h4-6,8-9,18H,7,10-14H2,1-3H3. The van der Waals surface area contributed by atoms with Crippen LogP contribution in [0, 0.1) is 0 Å². The Labute approximate surface area is 117 Å². The lowest BCUT2D eigenvalue weighted by atomic mass is 9.77. The average Bonchev–Trinajstić information content (AvgIpc) is 2.31. The number of rotatable bonds is 6. The van der Waals surface area contributed by atoms with Gasteiger partial charge in [0.2, 0.25) is 0 Å². The van der Waals surface area contributed by atoms with Crippen molar-refractivity contribution in [3.63, 3.8) is 0 Å². The molecule has 0 atom stereocenters. The number of hydrogen-bond donors (Lipinski definition) is 1. The van der Waals surface area contributed by atoms with Gasteiger partial charge in [0.15, 0.2) is 0 Å². The van der Waals surface area contributed by atoms with E-state index in [1.165, 1.54) is 24.8 Å². The summed E-state index contributed by atoms with van der Waals surface area (Å²) in [5.41, 5.74) is 1.61. The third kappa shape index (κ3) is 4.63. The summed E-state index contributed by atoms with van der Waals surface area (Å²) >= 11 is 0. The Morgan fingerprint density at radius 2 is 1.84 bits per heavy atom. The first-order valence-electron chi connectivity index (χ1n) is 7.42. The number of hydrogen-bond acceptors (Lipinski definition) is 2. The third-order valence-electron chi connectivity index (χ3n) is 3.89. The summed E-state index contributed by atoms with van der Waals surface area (Å²) in [7, 11) is 0. The van der Waals surface area contributed by atoms with Crippen LogP contribution in [-0.4, -0.2) is 17.7 Å². The summed E-state index contributed by atoms with van der Waals surface area (Å²) < 4.78 is 6.23. The topological polar surface area (TPSA) is 21.3 Å². The summed E-state index contributed by atoms with van der Waals surface area (Å²) in [6.45, 7) is 8.43. The third-order valence-corrected chi connectivity index (χ3v) is 3.89. The fourth-order valence-electron chi connectivity index (χ4n) is 2.51. The molecule has 0 aliphatic heterocycles. The van der Waals surface area contributed by atoms with E-state index in [-0.39, 0.29) is 11.1 Å². The molecule has 0 heterocycles. The Hall–Kier alpha value is -0.860. The Kier molecular flexibility index (Phi) is 4.64. The Balaban J connectivity index is 1.78. The van der Waals surface area contributed by atoms with E-state index < -0.39 is 0 Å². The van der Waals surface area contributed by atoms with Crippen LogP contribution in [0.3, 0.4) is 0 Å². The molecule has 1 aromatic rings. The largest absolute Gasteiger partial charge is 0.370 e. The van der Waals surface area contributed by atoms with Gasteiger partial charge in [0.25, 0.3) is 0 Å². The van der Waals surface area contributed by atoms with Gasteiger partial charge in [-0.3, -0.25) is 0 Å². The highest BCUT2D eigenvalue weighted by molar-refractivity contribution is 5.13. The number of nitrogens with one attached hydrogen (secondary N) is 1. The summed E-state index contributed by atoms with van der Waals surface area (Å²) in [6, 6.07) is 10.5. The van der Waals surface area contributed by atoms with Gasteiger partial charge in [-0.1, -0.05) is 30.3 Å². The van der Waals surface area contributed by atoms with Gasteiger partial charge < -0.3 is 10.1 Å². The Bertz CT molecular complexity index is 376. The van der Waals surface area contributed by atoms with Crippen LogP contribution in [0.4, 0.5) is 0 Å². The molecule has 0 amide bonds. The second-order valence-corrected chi connectivity index (χ2v) is 6.74.